The topological polar surface area (TPSA) is 61.3 Å². The summed E-state index contributed by atoms with van der Waals surface area (Å²) < 4.78 is 13.5. The van der Waals surface area contributed by atoms with E-state index in [1.54, 1.807) is 6.92 Å². The van der Waals surface area contributed by atoms with Gasteiger partial charge in [0.05, 0.1) is 13.2 Å². The minimum Gasteiger partial charge on any atom is -0.469 e. The van der Waals surface area contributed by atoms with Crippen molar-refractivity contribution >= 4 is 17.5 Å². The average Bonchev–Trinajstić information content (AvgIpc) is 2.54. The Morgan fingerprint density at radius 3 is 2.85 bits per heavy atom. The Morgan fingerprint density at radius 2 is 2.23 bits per heavy atom. The van der Waals surface area contributed by atoms with E-state index in [4.69, 9.17) is 9.47 Å². The van der Waals surface area contributed by atoms with Gasteiger partial charge in [0.1, 0.15) is 0 Å². The average molecular weight is 202 g/mol. The number of carbonyl (C=O) groups excluding carboxylic acids is 1. The van der Waals surface area contributed by atoms with Crippen LogP contribution in [-0.4, -0.2) is 28.5 Å². The molecule has 0 unspecified atom stereocenters. The third-order valence-corrected chi connectivity index (χ3v) is 1.76. The van der Waals surface area contributed by atoms with Gasteiger partial charge in [-0.15, -0.1) is 0 Å². The first kappa shape index (κ1) is 9.91. The van der Waals surface area contributed by atoms with Crippen LogP contribution in [0.2, 0.25) is 0 Å². The second-order valence-electron chi connectivity index (χ2n) is 2.04. The lowest BCUT2D eigenvalue weighted by Crippen LogP contribution is -2.06. The number of ether oxygens (including phenoxy) is 2. The van der Waals surface area contributed by atoms with Gasteiger partial charge in [0.15, 0.2) is 0 Å². The fourth-order valence-electron chi connectivity index (χ4n) is 0.670. The Balaban J connectivity index is 2.62. The zero-order valence-electron chi connectivity index (χ0n) is 7.44. The summed E-state index contributed by atoms with van der Waals surface area (Å²) in [5, 5.41) is 0.394. The van der Waals surface area contributed by atoms with Crippen LogP contribution in [0, 0.1) is 0 Å². The fraction of sp³-hybridized carbons (Fsp3) is 0.571. The minimum atomic E-state index is -0.510. The van der Waals surface area contributed by atoms with Crippen LogP contribution in [0.25, 0.3) is 0 Å². The molecule has 5 nitrogen and oxygen atoms in total. The maximum absolute atomic E-state index is 11.1. The van der Waals surface area contributed by atoms with Crippen LogP contribution in [0.3, 0.4) is 0 Å². The molecule has 1 heterocycles. The van der Waals surface area contributed by atoms with Crippen LogP contribution in [0.1, 0.15) is 24.5 Å². The first-order chi connectivity index (χ1) is 6.27. The highest BCUT2D eigenvalue weighted by molar-refractivity contribution is 7.07. The largest absolute Gasteiger partial charge is 0.469 e. The molecule has 1 aromatic heterocycles. The van der Waals surface area contributed by atoms with E-state index >= 15 is 0 Å². The van der Waals surface area contributed by atoms with Crippen LogP contribution < -0.4 is 4.74 Å². The predicted molar refractivity (Wildman–Crippen MR) is 47.0 cm³/mol. The van der Waals surface area contributed by atoms with Crippen molar-refractivity contribution in [3.8, 4) is 5.19 Å². The first-order valence-corrected chi connectivity index (χ1v) is 4.68. The number of esters is 1. The molecule has 0 aromatic carbocycles. The third kappa shape index (κ3) is 2.66. The molecular formula is C7H10N2O3S. The van der Waals surface area contributed by atoms with Crippen molar-refractivity contribution in [1.29, 1.82) is 0 Å². The van der Waals surface area contributed by atoms with Crippen LogP contribution in [0.4, 0.5) is 0 Å². The molecule has 0 saturated carbocycles. The molecule has 0 bridgehead atoms. The third-order valence-electron chi connectivity index (χ3n) is 1.13. The van der Waals surface area contributed by atoms with Gasteiger partial charge in [0.25, 0.3) is 11.0 Å². The number of hydrogen-bond acceptors (Lipinski definition) is 6. The molecule has 0 fully saturated rings. The molecule has 6 heteroatoms. The van der Waals surface area contributed by atoms with Crippen LogP contribution in [-0.2, 0) is 4.74 Å². The Bertz CT molecular complexity index is 287. The second kappa shape index (κ2) is 4.76. The van der Waals surface area contributed by atoms with Crippen molar-refractivity contribution in [2.45, 2.75) is 13.8 Å². The highest BCUT2D eigenvalue weighted by Gasteiger charge is 2.13. The fourth-order valence-corrected chi connectivity index (χ4v) is 1.25. The van der Waals surface area contributed by atoms with Crippen molar-refractivity contribution in [3.05, 3.63) is 5.82 Å². The van der Waals surface area contributed by atoms with Gasteiger partial charge in [0, 0.05) is 11.5 Å². The zero-order chi connectivity index (χ0) is 9.68. The van der Waals surface area contributed by atoms with Gasteiger partial charge in [-0.3, -0.25) is 0 Å². The van der Waals surface area contributed by atoms with Crippen LogP contribution >= 0.6 is 11.5 Å². The highest BCUT2D eigenvalue weighted by Crippen LogP contribution is 2.13. The number of nitrogens with zero attached hydrogens (tertiary/aromatic N) is 2. The lowest BCUT2D eigenvalue weighted by atomic mass is 10.6. The second-order valence-corrected chi connectivity index (χ2v) is 2.75. The molecular weight excluding hydrogens is 192 g/mol. The van der Waals surface area contributed by atoms with E-state index in [1.165, 1.54) is 0 Å². The van der Waals surface area contributed by atoms with Crippen molar-refractivity contribution in [2.24, 2.45) is 0 Å². The van der Waals surface area contributed by atoms with E-state index in [1.807, 2.05) is 6.92 Å². The van der Waals surface area contributed by atoms with Crippen molar-refractivity contribution in [3.63, 3.8) is 0 Å². The summed E-state index contributed by atoms with van der Waals surface area (Å²) in [5.74, 6) is -0.444. The van der Waals surface area contributed by atoms with E-state index in [0.29, 0.717) is 18.4 Å². The molecule has 1 aromatic rings. The van der Waals surface area contributed by atoms with Crippen molar-refractivity contribution in [2.75, 3.05) is 13.2 Å². The van der Waals surface area contributed by atoms with E-state index < -0.39 is 5.97 Å². The van der Waals surface area contributed by atoms with E-state index in [9.17, 15) is 4.79 Å². The Labute approximate surface area is 79.9 Å². The monoisotopic (exact) mass is 202 g/mol. The summed E-state index contributed by atoms with van der Waals surface area (Å²) in [6, 6.07) is 0. The maximum atomic E-state index is 11.1. The molecule has 0 atom stereocenters. The lowest BCUT2D eigenvalue weighted by Gasteiger charge is -1.95. The van der Waals surface area contributed by atoms with Crippen LogP contribution in [0.15, 0.2) is 0 Å². The van der Waals surface area contributed by atoms with Gasteiger partial charge in [-0.25, -0.2) is 4.79 Å². The summed E-state index contributed by atoms with van der Waals surface area (Å²) in [4.78, 5) is 14.9. The first-order valence-electron chi connectivity index (χ1n) is 3.91. The molecule has 0 saturated heterocycles. The van der Waals surface area contributed by atoms with Crippen molar-refractivity contribution in [1.82, 2.24) is 9.36 Å². The molecule has 0 amide bonds. The molecule has 1 rings (SSSR count). The summed E-state index contributed by atoms with van der Waals surface area (Å²) in [7, 11) is 0. The molecule has 0 N–H and O–H groups in total. The van der Waals surface area contributed by atoms with Gasteiger partial charge in [-0.05, 0) is 13.8 Å². The molecule has 0 aliphatic rings. The normalized spacial score (nSPS) is 9.69. The molecule has 0 spiro atoms. The predicted octanol–water partition coefficient (Wildman–Crippen LogP) is 1.11. The van der Waals surface area contributed by atoms with Gasteiger partial charge >= 0.3 is 5.97 Å². The summed E-state index contributed by atoms with van der Waals surface area (Å²) in [5.41, 5.74) is 0. The van der Waals surface area contributed by atoms with Gasteiger partial charge in [-0.1, -0.05) is 0 Å². The summed E-state index contributed by atoms with van der Waals surface area (Å²) >= 11 is 1.04. The molecule has 0 aliphatic heterocycles. The Kier molecular flexibility index (Phi) is 3.63. The highest BCUT2D eigenvalue weighted by atomic mass is 32.1. The van der Waals surface area contributed by atoms with Gasteiger partial charge < -0.3 is 9.47 Å². The van der Waals surface area contributed by atoms with E-state index in [-0.39, 0.29) is 5.82 Å². The number of aromatic nitrogens is 2. The Morgan fingerprint density at radius 1 is 1.46 bits per heavy atom. The van der Waals surface area contributed by atoms with Crippen molar-refractivity contribution < 1.29 is 14.3 Å². The summed E-state index contributed by atoms with van der Waals surface area (Å²) in [6.45, 7) is 4.40. The summed E-state index contributed by atoms with van der Waals surface area (Å²) in [6.07, 6.45) is 0. The van der Waals surface area contributed by atoms with E-state index in [0.717, 1.165) is 11.5 Å². The van der Waals surface area contributed by atoms with E-state index in [2.05, 4.69) is 9.36 Å². The zero-order valence-corrected chi connectivity index (χ0v) is 8.26. The lowest BCUT2D eigenvalue weighted by molar-refractivity contribution is 0.0513. The minimum absolute atomic E-state index is 0.0651. The number of rotatable bonds is 4. The van der Waals surface area contributed by atoms with Gasteiger partial charge in [-0.2, -0.15) is 9.36 Å². The molecule has 0 radical (unpaired) electrons. The molecule has 0 aliphatic carbocycles. The molecule has 72 valence electrons. The Hall–Kier alpha value is -1.17. The molecule has 13 heavy (non-hydrogen) atoms. The maximum Gasteiger partial charge on any atom is 0.377 e. The number of carbonyl (C=O) groups is 1. The van der Waals surface area contributed by atoms with Crippen LogP contribution in [0.5, 0.6) is 5.19 Å². The quantitative estimate of drug-likeness (QED) is 0.684. The number of hydrogen-bond donors (Lipinski definition) is 0. The SMILES string of the molecule is CCOC(=O)c1nsc(OCC)n1. The van der Waals surface area contributed by atoms with Gasteiger partial charge in [0.2, 0.25) is 0 Å². The standard InChI is InChI=1S/C7H10N2O3S/c1-3-11-6(10)5-8-7(12-4-2)13-9-5/h3-4H2,1-2H3. The smallest absolute Gasteiger partial charge is 0.377 e.